The Bertz CT molecular complexity index is 612. The fourth-order valence-corrected chi connectivity index (χ4v) is 3.78. The first-order valence-corrected chi connectivity index (χ1v) is 8.83. The van der Waals surface area contributed by atoms with Crippen LogP contribution in [0.5, 0.6) is 0 Å². The zero-order valence-electron chi connectivity index (χ0n) is 13.0. The molecule has 2 saturated heterocycles. The normalized spacial score (nSPS) is 21.5. The molecule has 0 spiro atoms. The Labute approximate surface area is 140 Å². The van der Waals surface area contributed by atoms with E-state index in [-0.39, 0.29) is 16.3 Å². The number of carbonyl (C=O) groups is 2. The maximum absolute atomic E-state index is 12.3. The van der Waals surface area contributed by atoms with E-state index in [1.165, 1.54) is 19.1 Å². The first-order chi connectivity index (χ1) is 11.2. The lowest BCUT2D eigenvalue weighted by molar-refractivity contribution is -0.126. The third-order valence-electron chi connectivity index (χ3n) is 4.12. The van der Waals surface area contributed by atoms with Gasteiger partial charge in [-0.2, -0.15) is 0 Å². The van der Waals surface area contributed by atoms with E-state index in [1.807, 2.05) is 0 Å². The van der Waals surface area contributed by atoms with Crippen LogP contribution >= 0.6 is 11.8 Å². The van der Waals surface area contributed by atoms with Crippen molar-refractivity contribution in [1.29, 1.82) is 0 Å². The second-order valence-electron chi connectivity index (χ2n) is 5.76. The van der Waals surface area contributed by atoms with Gasteiger partial charge >= 0.3 is 0 Å². The molecule has 1 amide bonds. The van der Waals surface area contributed by atoms with Gasteiger partial charge in [-0.3, -0.25) is 14.5 Å². The van der Waals surface area contributed by atoms with Gasteiger partial charge < -0.3 is 9.32 Å². The molecule has 122 valence electrons. The van der Waals surface area contributed by atoms with E-state index >= 15 is 0 Å². The summed E-state index contributed by atoms with van der Waals surface area (Å²) in [4.78, 5) is 28.4. The number of furan rings is 1. The number of nitrogens with zero attached hydrogens (tertiary/aromatic N) is 2. The number of likely N-dealkylation sites (tertiary alicyclic amines) is 2. The Morgan fingerprint density at radius 1 is 1.26 bits per heavy atom. The maximum Gasteiger partial charge on any atom is 0.255 e. The fraction of sp³-hybridized carbons (Fsp3) is 0.529. The summed E-state index contributed by atoms with van der Waals surface area (Å²) in [7, 11) is 0. The quantitative estimate of drug-likeness (QED) is 0.788. The summed E-state index contributed by atoms with van der Waals surface area (Å²) >= 11 is 1.06. The Morgan fingerprint density at radius 3 is 2.78 bits per heavy atom. The monoisotopic (exact) mass is 332 g/mol. The average molecular weight is 332 g/mol. The lowest BCUT2D eigenvalue weighted by Crippen LogP contribution is -2.29. The first kappa shape index (κ1) is 16.2. The van der Waals surface area contributed by atoms with Gasteiger partial charge in [0, 0.05) is 6.54 Å². The van der Waals surface area contributed by atoms with Crippen LogP contribution in [0.25, 0.3) is 0 Å². The number of hydrogen-bond donors (Lipinski definition) is 0. The molecule has 0 aliphatic carbocycles. The lowest BCUT2D eigenvalue weighted by Gasteiger charge is -2.13. The standard InChI is InChI=1S/C17H20N2O3S/c20-16-15(23-17(21)14-6-5-13-22-14)7-12-19(16)11-4-3-10-18-8-1-2-9-18/h5-6,13,15H,1-2,7-12H2/t15-/m1/s1. The van der Waals surface area contributed by atoms with Crippen LogP contribution in [0.2, 0.25) is 0 Å². The van der Waals surface area contributed by atoms with Gasteiger partial charge in [-0.15, -0.1) is 0 Å². The van der Waals surface area contributed by atoms with E-state index in [4.69, 9.17) is 4.42 Å². The fourth-order valence-electron chi connectivity index (χ4n) is 2.82. The van der Waals surface area contributed by atoms with Crippen LogP contribution in [0.15, 0.2) is 22.8 Å². The number of rotatable bonds is 4. The van der Waals surface area contributed by atoms with E-state index in [1.54, 1.807) is 17.0 Å². The van der Waals surface area contributed by atoms with Crippen LogP contribution < -0.4 is 0 Å². The Morgan fingerprint density at radius 2 is 2.04 bits per heavy atom. The molecule has 2 aliphatic rings. The predicted octanol–water partition coefficient (Wildman–Crippen LogP) is 1.85. The van der Waals surface area contributed by atoms with Gasteiger partial charge in [0.15, 0.2) is 5.76 Å². The molecule has 23 heavy (non-hydrogen) atoms. The van der Waals surface area contributed by atoms with Crippen LogP contribution in [0.3, 0.4) is 0 Å². The molecule has 0 saturated carbocycles. The third-order valence-corrected chi connectivity index (χ3v) is 5.25. The molecule has 5 nitrogen and oxygen atoms in total. The van der Waals surface area contributed by atoms with Crippen LogP contribution in [0.1, 0.15) is 29.8 Å². The topological polar surface area (TPSA) is 53.8 Å². The van der Waals surface area contributed by atoms with E-state index in [9.17, 15) is 9.59 Å². The van der Waals surface area contributed by atoms with Crippen LogP contribution in [-0.2, 0) is 4.79 Å². The molecular weight excluding hydrogens is 312 g/mol. The summed E-state index contributed by atoms with van der Waals surface area (Å²) in [6, 6.07) is 3.29. The smallest absolute Gasteiger partial charge is 0.255 e. The summed E-state index contributed by atoms with van der Waals surface area (Å²) in [5.74, 6) is 6.54. The largest absolute Gasteiger partial charge is 0.460 e. The van der Waals surface area contributed by atoms with Crippen molar-refractivity contribution in [3.05, 3.63) is 24.2 Å². The van der Waals surface area contributed by atoms with E-state index < -0.39 is 0 Å². The van der Waals surface area contributed by atoms with Crippen molar-refractivity contribution in [3.8, 4) is 11.8 Å². The van der Waals surface area contributed by atoms with Gasteiger partial charge in [-0.05, 0) is 44.5 Å². The molecule has 0 unspecified atom stereocenters. The summed E-state index contributed by atoms with van der Waals surface area (Å²) < 4.78 is 5.07. The Balaban J connectivity index is 1.45. The van der Waals surface area contributed by atoms with Crippen molar-refractivity contribution in [2.45, 2.75) is 24.5 Å². The minimum absolute atomic E-state index is 0.00498. The van der Waals surface area contributed by atoms with E-state index in [0.717, 1.165) is 31.4 Å². The van der Waals surface area contributed by atoms with Crippen molar-refractivity contribution < 1.29 is 14.0 Å². The number of amides is 1. The molecule has 1 atom stereocenters. The van der Waals surface area contributed by atoms with Crippen molar-refractivity contribution in [2.75, 3.05) is 32.7 Å². The first-order valence-electron chi connectivity index (χ1n) is 7.95. The molecule has 1 aromatic rings. The highest BCUT2D eigenvalue weighted by Crippen LogP contribution is 2.27. The van der Waals surface area contributed by atoms with Crippen LogP contribution in [0.4, 0.5) is 0 Å². The SMILES string of the molecule is O=C(S[C@@H]1CCN(CC#CCN2CCCC2)C1=O)c1ccco1. The maximum atomic E-state index is 12.3. The molecule has 0 bridgehead atoms. The highest BCUT2D eigenvalue weighted by Gasteiger charge is 2.34. The van der Waals surface area contributed by atoms with Gasteiger partial charge in [-0.25, -0.2) is 0 Å². The minimum atomic E-state index is -0.312. The second-order valence-corrected chi connectivity index (χ2v) is 6.93. The van der Waals surface area contributed by atoms with Crippen molar-refractivity contribution >= 4 is 22.8 Å². The average Bonchev–Trinajstić information content (AvgIpc) is 3.28. The zero-order chi connectivity index (χ0) is 16.1. The van der Waals surface area contributed by atoms with Crippen LogP contribution in [-0.4, -0.2) is 58.8 Å². The van der Waals surface area contributed by atoms with Gasteiger partial charge in [0.05, 0.1) is 24.6 Å². The molecule has 6 heteroatoms. The van der Waals surface area contributed by atoms with E-state index in [2.05, 4.69) is 16.7 Å². The third kappa shape index (κ3) is 4.18. The summed E-state index contributed by atoms with van der Waals surface area (Å²) in [6.07, 6.45) is 4.67. The molecule has 0 N–H and O–H groups in total. The highest BCUT2D eigenvalue weighted by molar-refractivity contribution is 8.15. The van der Waals surface area contributed by atoms with Gasteiger partial charge in [0.2, 0.25) is 5.91 Å². The molecule has 0 aromatic carbocycles. The minimum Gasteiger partial charge on any atom is -0.460 e. The summed E-state index contributed by atoms with van der Waals surface area (Å²) in [5, 5.41) is -0.497. The number of thioether (sulfide) groups is 1. The van der Waals surface area contributed by atoms with Crippen LogP contribution in [0, 0.1) is 11.8 Å². The van der Waals surface area contributed by atoms with Gasteiger partial charge in [-0.1, -0.05) is 23.6 Å². The lowest BCUT2D eigenvalue weighted by atomic mass is 10.4. The molecule has 1 aromatic heterocycles. The number of hydrogen-bond acceptors (Lipinski definition) is 5. The summed E-state index contributed by atoms with van der Waals surface area (Å²) in [5.41, 5.74) is 0. The molecule has 0 radical (unpaired) electrons. The second kappa shape index (κ2) is 7.71. The van der Waals surface area contributed by atoms with Gasteiger partial charge in [0.25, 0.3) is 5.12 Å². The molecule has 3 heterocycles. The number of carbonyl (C=O) groups excluding carboxylic acids is 2. The Hall–Kier alpha value is -1.71. The highest BCUT2D eigenvalue weighted by atomic mass is 32.2. The molecule has 3 rings (SSSR count). The van der Waals surface area contributed by atoms with Crippen molar-refractivity contribution in [1.82, 2.24) is 9.80 Å². The van der Waals surface area contributed by atoms with Crippen molar-refractivity contribution in [2.24, 2.45) is 0 Å². The predicted molar refractivity (Wildman–Crippen MR) is 89.1 cm³/mol. The zero-order valence-corrected chi connectivity index (χ0v) is 13.8. The van der Waals surface area contributed by atoms with Crippen molar-refractivity contribution in [3.63, 3.8) is 0 Å². The van der Waals surface area contributed by atoms with Gasteiger partial charge in [0.1, 0.15) is 0 Å². The molecule has 2 aliphatic heterocycles. The van der Waals surface area contributed by atoms with E-state index in [0.29, 0.717) is 25.3 Å². The molecular formula is C17H20N2O3S. The molecule has 2 fully saturated rings. The summed E-state index contributed by atoms with van der Waals surface area (Å²) in [6.45, 7) is 4.17. The Kier molecular flexibility index (Phi) is 5.42.